The first-order valence-corrected chi connectivity index (χ1v) is 7.47. The second-order valence-electron chi connectivity index (χ2n) is 5.90. The summed E-state index contributed by atoms with van der Waals surface area (Å²) in [5, 5.41) is 2.19. The quantitative estimate of drug-likeness (QED) is 0.858. The van der Waals surface area contributed by atoms with E-state index in [0.29, 0.717) is 0 Å². The van der Waals surface area contributed by atoms with Gasteiger partial charge in [-0.3, -0.25) is 9.59 Å². The minimum absolute atomic E-state index is 0.0212. The molecule has 1 aromatic carbocycles. The number of benzene rings is 1. The molecule has 1 atom stereocenters. The largest absolute Gasteiger partial charge is 0.350 e. The van der Waals surface area contributed by atoms with Crippen LogP contribution < -0.4 is 16.0 Å². The number of anilines is 1. The number of alkyl halides is 2. The van der Waals surface area contributed by atoms with Crippen LogP contribution in [0.2, 0.25) is 0 Å². The topological polar surface area (TPSA) is 75.4 Å². The number of nitrogens with one attached hydrogen (secondary N) is 1. The molecule has 1 aliphatic heterocycles. The molecule has 0 aliphatic carbocycles. The second-order valence-corrected chi connectivity index (χ2v) is 5.90. The van der Waals surface area contributed by atoms with Crippen LogP contribution in [0.4, 0.5) is 14.5 Å². The van der Waals surface area contributed by atoms with E-state index in [4.69, 9.17) is 5.73 Å². The molecule has 0 radical (unpaired) electrons. The number of amides is 2. The van der Waals surface area contributed by atoms with E-state index in [-0.39, 0.29) is 18.9 Å². The number of carbonyl (C=O) groups excluding carboxylic acids is 2. The predicted octanol–water partition coefficient (Wildman–Crippen LogP) is 1.37. The van der Waals surface area contributed by atoms with Crippen LogP contribution in [-0.2, 0) is 9.59 Å². The molecule has 5 nitrogen and oxygen atoms in total. The van der Waals surface area contributed by atoms with Gasteiger partial charge in [-0.05, 0) is 31.0 Å². The predicted molar refractivity (Wildman–Crippen MR) is 83.4 cm³/mol. The minimum atomic E-state index is -3.13. The van der Waals surface area contributed by atoms with Crippen molar-refractivity contribution >= 4 is 17.5 Å². The van der Waals surface area contributed by atoms with Gasteiger partial charge in [0.2, 0.25) is 11.8 Å². The molecule has 0 aromatic heterocycles. The molecule has 1 fully saturated rings. The third-order valence-electron chi connectivity index (χ3n) is 4.18. The Hall–Kier alpha value is -2.02. The fourth-order valence-electron chi connectivity index (χ4n) is 2.58. The number of nitrogens with two attached hydrogens (primary N) is 1. The summed E-state index contributed by atoms with van der Waals surface area (Å²) in [5.74, 6) is -4.48. The van der Waals surface area contributed by atoms with E-state index in [1.54, 1.807) is 4.90 Å². The van der Waals surface area contributed by atoms with Crippen molar-refractivity contribution < 1.29 is 18.4 Å². The number of rotatable bonds is 5. The summed E-state index contributed by atoms with van der Waals surface area (Å²) in [4.78, 5) is 25.8. The highest BCUT2D eigenvalue weighted by molar-refractivity contribution is 6.00. The van der Waals surface area contributed by atoms with Crippen LogP contribution in [0, 0.1) is 19.8 Å². The van der Waals surface area contributed by atoms with Crippen molar-refractivity contribution in [1.82, 2.24) is 5.32 Å². The summed E-state index contributed by atoms with van der Waals surface area (Å²) in [6.45, 7) is 2.41. The van der Waals surface area contributed by atoms with Crippen LogP contribution >= 0.6 is 0 Å². The summed E-state index contributed by atoms with van der Waals surface area (Å²) >= 11 is 0. The van der Waals surface area contributed by atoms with Gasteiger partial charge < -0.3 is 16.0 Å². The number of hydrogen-bond acceptors (Lipinski definition) is 3. The lowest BCUT2D eigenvalue weighted by atomic mass is 10.1. The van der Waals surface area contributed by atoms with E-state index in [9.17, 15) is 18.4 Å². The van der Waals surface area contributed by atoms with Crippen LogP contribution in [0.1, 0.15) is 17.5 Å². The molecule has 1 saturated heterocycles. The maximum Gasteiger partial charge on any atom is 0.277 e. The van der Waals surface area contributed by atoms with Crippen LogP contribution in [-0.4, -0.2) is 37.4 Å². The average molecular weight is 325 g/mol. The molecule has 0 spiro atoms. The lowest BCUT2D eigenvalue weighted by Gasteiger charge is -2.20. The molecule has 3 N–H and O–H groups in total. The van der Waals surface area contributed by atoms with Crippen LogP contribution in [0.5, 0.6) is 0 Å². The molecule has 2 rings (SSSR count). The third kappa shape index (κ3) is 3.85. The van der Waals surface area contributed by atoms with Gasteiger partial charge in [-0.1, -0.05) is 12.1 Å². The average Bonchev–Trinajstić information content (AvgIpc) is 2.89. The first-order valence-electron chi connectivity index (χ1n) is 7.47. The van der Waals surface area contributed by atoms with Crippen molar-refractivity contribution in [1.29, 1.82) is 0 Å². The van der Waals surface area contributed by atoms with E-state index >= 15 is 0 Å². The Kier molecular flexibility index (Phi) is 4.99. The highest BCUT2D eigenvalue weighted by atomic mass is 19.3. The van der Waals surface area contributed by atoms with E-state index < -0.39 is 30.8 Å². The first-order chi connectivity index (χ1) is 10.7. The van der Waals surface area contributed by atoms with Gasteiger partial charge in [0, 0.05) is 18.7 Å². The van der Waals surface area contributed by atoms with Crippen molar-refractivity contribution in [3.05, 3.63) is 29.3 Å². The molecular formula is C16H21F2N3O2. The van der Waals surface area contributed by atoms with E-state index in [1.807, 2.05) is 32.0 Å². The molecule has 1 unspecified atom stereocenters. The fourth-order valence-corrected chi connectivity index (χ4v) is 2.58. The zero-order chi connectivity index (χ0) is 17.2. The molecule has 23 heavy (non-hydrogen) atoms. The smallest absolute Gasteiger partial charge is 0.277 e. The molecule has 1 aromatic rings. The number of hydrogen-bond donors (Lipinski definition) is 2. The summed E-state index contributed by atoms with van der Waals surface area (Å²) < 4.78 is 26.2. The standard InChI is InChI=1S/C16H21F2N3O2/c1-10-4-3-5-13(11(10)2)21-7-12(6-14(21)22)15(23)20-9-16(17,18)8-19/h3-5,12H,6-9,19H2,1-2H3,(H,20,23). The number of nitrogens with zero attached hydrogens (tertiary/aromatic N) is 1. The zero-order valence-corrected chi connectivity index (χ0v) is 13.2. The molecule has 126 valence electrons. The fraction of sp³-hybridized carbons (Fsp3) is 0.500. The van der Waals surface area contributed by atoms with Crippen molar-refractivity contribution in [2.45, 2.75) is 26.2 Å². The Morgan fingerprint density at radius 1 is 1.43 bits per heavy atom. The maximum absolute atomic E-state index is 13.1. The van der Waals surface area contributed by atoms with Gasteiger partial charge in [0.25, 0.3) is 5.92 Å². The number of aryl methyl sites for hydroxylation is 1. The Morgan fingerprint density at radius 2 is 2.13 bits per heavy atom. The lowest BCUT2D eigenvalue weighted by molar-refractivity contribution is -0.127. The summed E-state index contributed by atoms with van der Waals surface area (Å²) in [6.07, 6.45) is 0.0212. The molecule has 0 saturated carbocycles. The Morgan fingerprint density at radius 3 is 2.78 bits per heavy atom. The SMILES string of the molecule is Cc1cccc(N2CC(C(=O)NCC(F)(F)CN)CC2=O)c1C. The highest BCUT2D eigenvalue weighted by Crippen LogP contribution is 2.29. The highest BCUT2D eigenvalue weighted by Gasteiger charge is 2.37. The van der Waals surface area contributed by atoms with Crippen molar-refractivity contribution in [3.8, 4) is 0 Å². The molecule has 7 heteroatoms. The van der Waals surface area contributed by atoms with E-state index in [0.717, 1.165) is 16.8 Å². The Balaban J connectivity index is 2.05. The first kappa shape index (κ1) is 17.3. The van der Waals surface area contributed by atoms with Crippen LogP contribution in [0.3, 0.4) is 0 Å². The maximum atomic E-state index is 13.1. The Labute approximate surface area is 133 Å². The number of halogens is 2. The number of carbonyl (C=O) groups is 2. The normalized spacial score (nSPS) is 18.4. The van der Waals surface area contributed by atoms with Gasteiger partial charge in [-0.25, -0.2) is 8.78 Å². The summed E-state index contributed by atoms with van der Waals surface area (Å²) in [7, 11) is 0. The summed E-state index contributed by atoms with van der Waals surface area (Å²) in [5.41, 5.74) is 7.71. The molecule has 2 amide bonds. The van der Waals surface area contributed by atoms with Crippen LogP contribution in [0.15, 0.2) is 18.2 Å². The van der Waals surface area contributed by atoms with Crippen molar-refractivity contribution in [2.24, 2.45) is 11.7 Å². The Bertz CT molecular complexity index is 619. The molecule has 0 bridgehead atoms. The molecular weight excluding hydrogens is 304 g/mol. The van der Waals surface area contributed by atoms with Gasteiger partial charge >= 0.3 is 0 Å². The molecule has 1 aliphatic rings. The van der Waals surface area contributed by atoms with Crippen LogP contribution in [0.25, 0.3) is 0 Å². The second kappa shape index (κ2) is 6.62. The van der Waals surface area contributed by atoms with E-state index in [2.05, 4.69) is 5.32 Å². The monoisotopic (exact) mass is 325 g/mol. The van der Waals surface area contributed by atoms with Gasteiger partial charge in [0.05, 0.1) is 19.0 Å². The van der Waals surface area contributed by atoms with Crippen molar-refractivity contribution in [3.63, 3.8) is 0 Å². The molecule has 1 heterocycles. The minimum Gasteiger partial charge on any atom is -0.350 e. The third-order valence-corrected chi connectivity index (χ3v) is 4.18. The van der Waals surface area contributed by atoms with Crippen molar-refractivity contribution in [2.75, 3.05) is 24.5 Å². The lowest BCUT2D eigenvalue weighted by Crippen LogP contribution is -2.44. The van der Waals surface area contributed by atoms with Gasteiger partial charge in [0.15, 0.2) is 0 Å². The van der Waals surface area contributed by atoms with Gasteiger partial charge in [-0.2, -0.15) is 0 Å². The van der Waals surface area contributed by atoms with Gasteiger partial charge in [0.1, 0.15) is 0 Å². The summed E-state index contributed by atoms with van der Waals surface area (Å²) in [6, 6.07) is 5.61. The van der Waals surface area contributed by atoms with E-state index in [1.165, 1.54) is 0 Å². The zero-order valence-electron chi connectivity index (χ0n) is 13.2. The van der Waals surface area contributed by atoms with Gasteiger partial charge in [-0.15, -0.1) is 0 Å².